The fourth-order valence-electron chi connectivity index (χ4n) is 1.52. The molecule has 0 unspecified atom stereocenters. The molecule has 0 aromatic heterocycles. The quantitative estimate of drug-likeness (QED) is 0.546. The van der Waals surface area contributed by atoms with Gasteiger partial charge in [-0.25, -0.2) is 0 Å². The van der Waals surface area contributed by atoms with Gasteiger partial charge in [-0.1, -0.05) is 20.8 Å². The standard InChI is InChI=1S/C15H22O2/c1-15(2,3)10-5-4-6-11-17-14-9-7-8-13(16)12-14/h4,10,12H,6-9,11H2,1-3H3. The van der Waals surface area contributed by atoms with E-state index in [9.17, 15) is 4.79 Å². The third-order valence-corrected chi connectivity index (χ3v) is 2.35. The van der Waals surface area contributed by atoms with Crippen LogP contribution in [0.3, 0.4) is 0 Å². The molecule has 0 N–H and O–H groups in total. The molecule has 1 aliphatic rings. The van der Waals surface area contributed by atoms with E-state index < -0.39 is 0 Å². The van der Waals surface area contributed by atoms with Gasteiger partial charge >= 0.3 is 0 Å². The van der Waals surface area contributed by atoms with Crippen molar-refractivity contribution in [2.24, 2.45) is 5.41 Å². The molecule has 0 atom stereocenters. The lowest BCUT2D eigenvalue weighted by molar-refractivity contribution is -0.115. The van der Waals surface area contributed by atoms with Gasteiger partial charge in [-0.2, -0.15) is 0 Å². The van der Waals surface area contributed by atoms with Crippen molar-refractivity contribution < 1.29 is 9.53 Å². The lowest BCUT2D eigenvalue weighted by Gasteiger charge is -2.12. The van der Waals surface area contributed by atoms with Gasteiger partial charge in [0.05, 0.1) is 12.4 Å². The minimum absolute atomic E-state index is 0.176. The van der Waals surface area contributed by atoms with Gasteiger partial charge in [0.2, 0.25) is 0 Å². The van der Waals surface area contributed by atoms with Crippen molar-refractivity contribution in [1.82, 2.24) is 0 Å². The van der Waals surface area contributed by atoms with Gasteiger partial charge < -0.3 is 4.74 Å². The van der Waals surface area contributed by atoms with Crippen LogP contribution in [-0.4, -0.2) is 12.4 Å². The van der Waals surface area contributed by atoms with Gasteiger partial charge in [-0.3, -0.25) is 4.79 Å². The fourth-order valence-corrected chi connectivity index (χ4v) is 1.52. The van der Waals surface area contributed by atoms with Crippen molar-refractivity contribution in [3.63, 3.8) is 0 Å². The minimum Gasteiger partial charge on any atom is -0.497 e. The molecular weight excluding hydrogens is 212 g/mol. The Balaban J connectivity index is 2.25. The largest absolute Gasteiger partial charge is 0.497 e. The average molecular weight is 234 g/mol. The molecule has 0 bridgehead atoms. The highest BCUT2D eigenvalue weighted by atomic mass is 16.5. The van der Waals surface area contributed by atoms with Gasteiger partial charge in [-0.15, -0.1) is 5.73 Å². The van der Waals surface area contributed by atoms with E-state index in [1.807, 2.05) is 6.08 Å². The van der Waals surface area contributed by atoms with E-state index in [1.54, 1.807) is 6.08 Å². The molecule has 0 saturated carbocycles. The van der Waals surface area contributed by atoms with E-state index in [4.69, 9.17) is 4.74 Å². The summed E-state index contributed by atoms with van der Waals surface area (Å²) in [4.78, 5) is 11.1. The van der Waals surface area contributed by atoms with Crippen LogP contribution in [0.5, 0.6) is 0 Å². The number of carbonyl (C=O) groups is 1. The van der Waals surface area contributed by atoms with E-state index in [2.05, 4.69) is 32.6 Å². The van der Waals surface area contributed by atoms with Crippen LogP contribution in [0.2, 0.25) is 0 Å². The van der Waals surface area contributed by atoms with Crippen molar-refractivity contribution in [1.29, 1.82) is 0 Å². The molecule has 17 heavy (non-hydrogen) atoms. The summed E-state index contributed by atoms with van der Waals surface area (Å²) < 4.78 is 5.54. The van der Waals surface area contributed by atoms with Crippen molar-refractivity contribution in [3.05, 3.63) is 29.7 Å². The molecule has 2 heteroatoms. The molecule has 0 aromatic carbocycles. The Morgan fingerprint density at radius 2 is 2.18 bits per heavy atom. The fraction of sp³-hybridized carbons (Fsp3) is 0.600. The van der Waals surface area contributed by atoms with Crippen LogP contribution >= 0.6 is 0 Å². The first-order valence-electron chi connectivity index (χ1n) is 6.26. The monoisotopic (exact) mass is 234 g/mol. The van der Waals surface area contributed by atoms with Crippen molar-refractivity contribution in [2.75, 3.05) is 6.61 Å². The molecule has 0 heterocycles. The highest BCUT2D eigenvalue weighted by Gasteiger charge is 2.10. The lowest BCUT2D eigenvalue weighted by atomic mass is 9.97. The van der Waals surface area contributed by atoms with E-state index in [0.717, 1.165) is 25.0 Å². The van der Waals surface area contributed by atoms with Crippen molar-refractivity contribution in [3.8, 4) is 0 Å². The summed E-state index contributed by atoms with van der Waals surface area (Å²) in [6, 6.07) is 0. The van der Waals surface area contributed by atoms with Crippen LogP contribution in [0.25, 0.3) is 0 Å². The maximum atomic E-state index is 11.1. The SMILES string of the molecule is CC(C)(C)C=C=CCCOC1=CC(=O)CCC1. The zero-order chi connectivity index (χ0) is 12.7. The third kappa shape index (κ3) is 6.80. The minimum atomic E-state index is 0.176. The number of ketones is 1. The Labute approximate surface area is 104 Å². The highest BCUT2D eigenvalue weighted by molar-refractivity contribution is 5.90. The number of allylic oxidation sites excluding steroid dienone is 2. The molecular formula is C15H22O2. The van der Waals surface area contributed by atoms with Gasteiger partial charge in [0.15, 0.2) is 5.78 Å². The van der Waals surface area contributed by atoms with Crippen LogP contribution in [0.4, 0.5) is 0 Å². The Hall–Kier alpha value is -1.27. The zero-order valence-electron chi connectivity index (χ0n) is 11.1. The van der Waals surface area contributed by atoms with Crippen molar-refractivity contribution >= 4 is 5.78 Å². The predicted octanol–water partition coefficient (Wildman–Crippen LogP) is 3.79. The molecule has 0 saturated heterocycles. The lowest BCUT2D eigenvalue weighted by Crippen LogP contribution is -2.05. The summed E-state index contributed by atoms with van der Waals surface area (Å²) >= 11 is 0. The molecule has 0 spiro atoms. The van der Waals surface area contributed by atoms with Gasteiger partial charge in [-0.05, 0) is 24.0 Å². The summed E-state index contributed by atoms with van der Waals surface area (Å²) in [7, 11) is 0. The van der Waals surface area contributed by atoms with Crippen LogP contribution in [0, 0.1) is 5.41 Å². The maximum Gasteiger partial charge on any atom is 0.159 e. The maximum absolute atomic E-state index is 11.1. The second-order valence-corrected chi connectivity index (χ2v) is 5.45. The second kappa shape index (κ2) is 6.46. The third-order valence-electron chi connectivity index (χ3n) is 2.35. The number of ether oxygens (including phenoxy) is 1. The van der Waals surface area contributed by atoms with Crippen LogP contribution in [0.15, 0.2) is 29.7 Å². The molecule has 0 aliphatic heterocycles. The summed E-state index contributed by atoms with van der Waals surface area (Å²) in [5.74, 6) is 1.03. The summed E-state index contributed by atoms with van der Waals surface area (Å²) in [5, 5.41) is 0. The number of carbonyl (C=O) groups excluding carboxylic acids is 1. The number of hydrogen-bond donors (Lipinski definition) is 0. The van der Waals surface area contributed by atoms with Crippen molar-refractivity contribution in [2.45, 2.75) is 46.5 Å². The van der Waals surface area contributed by atoms with E-state index >= 15 is 0 Å². The van der Waals surface area contributed by atoms with Crippen LogP contribution < -0.4 is 0 Å². The Bertz CT molecular complexity index is 350. The molecule has 0 amide bonds. The number of hydrogen-bond acceptors (Lipinski definition) is 2. The Kier molecular flexibility index (Phi) is 5.24. The first-order chi connectivity index (χ1) is 7.97. The number of rotatable bonds is 4. The Morgan fingerprint density at radius 1 is 1.41 bits per heavy atom. The van der Waals surface area contributed by atoms with Gasteiger partial charge in [0, 0.05) is 25.3 Å². The first kappa shape index (κ1) is 13.8. The molecule has 2 nitrogen and oxygen atoms in total. The van der Waals surface area contributed by atoms with E-state index in [0.29, 0.717) is 13.0 Å². The van der Waals surface area contributed by atoms with Crippen LogP contribution in [-0.2, 0) is 9.53 Å². The molecule has 0 radical (unpaired) electrons. The molecule has 0 fully saturated rings. The summed E-state index contributed by atoms with van der Waals surface area (Å²) in [6.45, 7) is 7.05. The Morgan fingerprint density at radius 3 is 2.82 bits per heavy atom. The molecule has 1 rings (SSSR count). The first-order valence-corrected chi connectivity index (χ1v) is 6.26. The zero-order valence-corrected chi connectivity index (χ0v) is 11.1. The smallest absolute Gasteiger partial charge is 0.159 e. The highest BCUT2D eigenvalue weighted by Crippen LogP contribution is 2.16. The van der Waals surface area contributed by atoms with Gasteiger partial charge in [0.1, 0.15) is 0 Å². The average Bonchev–Trinajstić information content (AvgIpc) is 2.22. The second-order valence-electron chi connectivity index (χ2n) is 5.45. The molecule has 1 aliphatic carbocycles. The van der Waals surface area contributed by atoms with Gasteiger partial charge in [0.25, 0.3) is 0 Å². The normalized spacial score (nSPS) is 15.9. The predicted molar refractivity (Wildman–Crippen MR) is 69.6 cm³/mol. The summed E-state index contributed by atoms with van der Waals surface area (Å²) in [6.07, 6.45) is 8.99. The van der Waals surface area contributed by atoms with E-state index in [-0.39, 0.29) is 11.2 Å². The topological polar surface area (TPSA) is 26.3 Å². The summed E-state index contributed by atoms with van der Waals surface area (Å²) in [5.41, 5.74) is 3.33. The molecule has 94 valence electrons. The van der Waals surface area contributed by atoms with E-state index in [1.165, 1.54) is 0 Å². The molecule has 0 aromatic rings. The van der Waals surface area contributed by atoms with Crippen LogP contribution in [0.1, 0.15) is 46.5 Å².